The number of benzene rings is 1. The highest BCUT2D eigenvalue weighted by atomic mass is 32.2. The number of carbonyl (C=O) groups excluding carboxylic acids is 8. The van der Waals surface area contributed by atoms with Crippen LogP contribution < -0.4 is 37.6 Å². The molecule has 0 bridgehead atoms. The number of hydrogen-bond donors (Lipinski definition) is 13. The monoisotopic (exact) mass is 1060 g/mol. The zero-order valence-corrected chi connectivity index (χ0v) is 43.2. The zero-order chi connectivity index (χ0) is 53.4. The van der Waals surface area contributed by atoms with Crippen LogP contribution in [0.1, 0.15) is 71.3 Å². The number of carbonyl (C=O) groups is 10. The zero-order valence-electron chi connectivity index (χ0n) is 40.6. The van der Waals surface area contributed by atoms with Gasteiger partial charge in [-0.3, -0.25) is 43.2 Å². The summed E-state index contributed by atoms with van der Waals surface area (Å²) in [5.74, 6) is -9.57. The Hall–Kier alpha value is -5.57. The Bertz CT molecular complexity index is 2290. The number of nitrogens with zero attached hydrogens (tertiary/aromatic N) is 2. The molecule has 11 atom stereocenters. The number of para-hydroxylation sites is 1. The number of aromatic nitrogens is 1. The van der Waals surface area contributed by atoms with Crippen molar-refractivity contribution in [1.82, 2.24) is 46.7 Å². The number of aromatic amines is 1. The number of carboxylic acids is 2. The maximum Gasteiger partial charge on any atom is 0.327 e. The minimum Gasteiger partial charge on any atom is -0.481 e. The van der Waals surface area contributed by atoms with Crippen molar-refractivity contribution in [3.63, 3.8) is 0 Å². The molecule has 23 nitrogen and oxygen atoms in total. The van der Waals surface area contributed by atoms with E-state index in [0.29, 0.717) is 18.6 Å². The van der Waals surface area contributed by atoms with Crippen LogP contribution >= 0.6 is 37.0 Å². The summed E-state index contributed by atoms with van der Waals surface area (Å²) in [5, 5.41) is 45.8. The molecule has 72 heavy (non-hydrogen) atoms. The van der Waals surface area contributed by atoms with Crippen LogP contribution in [0, 0.1) is 5.92 Å². The molecule has 8 amide bonds. The largest absolute Gasteiger partial charge is 0.481 e. The SMILES string of the molecule is CC[C@H](C)[C@H](NC(=O)[C@H](Cc1c[nH]c2ccccc12)NC(=O)[C@@H](N)CS)C(=O)N[C@@H](CCSC)C(=O)N1CCC[C@H]1C(=O)N[C@H](C(=O)N1CCC[C@H]1C(=O)N[C@@H](CC(=O)O)C(=O)N[C@@H](CS)C(=O)O)[C@@H](C)O. The van der Waals surface area contributed by atoms with Gasteiger partial charge in [-0.25, -0.2) is 4.79 Å². The van der Waals surface area contributed by atoms with E-state index in [-0.39, 0.29) is 56.7 Å². The Balaban J connectivity index is 1.50. The Morgan fingerprint density at radius 2 is 1.33 bits per heavy atom. The Morgan fingerprint density at radius 1 is 0.750 bits per heavy atom. The summed E-state index contributed by atoms with van der Waals surface area (Å²) in [7, 11) is 0. The highest BCUT2D eigenvalue weighted by Gasteiger charge is 2.44. The minimum absolute atomic E-state index is 0.00975. The van der Waals surface area contributed by atoms with Crippen LogP contribution in [0.2, 0.25) is 0 Å². The first kappa shape index (κ1) is 59.0. The van der Waals surface area contributed by atoms with Gasteiger partial charge in [0.25, 0.3) is 0 Å². The lowest BCUT2D eigenvalue weighted by atomic mass is 9.96. The summed E-state index contributed by atoms with van der Waals surface area (Å²) in [6.07, 6.45) is 2.59. The molecule has 3 heterocycles. The van der Waals surface area contributed by atoms with Crippen molar-refractivity contribution in [1.29, 1.82) is 0 Å². The number of thiol groups is 2. The number of aliphatic hydroxyl groups is 1. The van der Waals surface area contributed by atoms with E-state index in [2.05, 4.69) is 62.1 Å². The lowest BCUT2D eigenvalue weighted by molar-refractivity contribution is -0.147. The summed E-state index contributed by atoms with van der Waals surface area (Å²) in [6.45, 7) is 4.91. The van der Waals surface area contributed by atoms with Gasteiger partial charge in [-0.1, -0.05) is 38.5 Å². The molecule has 4 rings (SSSR count). The smallest absolute Gasteiger partial charge is 0.327 e. The maximum absolute atomic E-state index is 14.5. The van der Waals surface area contributed by atoms with Crippen molar-refractivity contribution in [2.24, 2.45) is 11.7 Å². The number of aliphatic carboxylic acids is 2. The lowest BCUT2D eigenvalue weighted by Gasteiger charge is -2.33. The molecule has 12 N–H and O–H groups in total. The molecule has 0 unspecified atom stereocenters. The molecular formula is C46H68N10O13S3. The second kappa shape index (κ2) is 28.0. The van der Waals surface area contributed by atoms with E-state index in [9.17, 15) is 63.3 Å². The summed E-state index contributed by atoms with van der Waals surface area (Å²) >= 11 is 9.42. The first-order chi connectivity index (χ1) is 34.2. The molecule has 0 spiro atoms. The second-order valence-corrected chi connectivity index (χ2v) is 19.7. The van der Waals surface area contributed by atoms with Gasteiger partial charge < -0.3 is 67.7 Å². The van der Waals surface area contributed by atoms with Gasteiger partial charge in [0.1, 0.15) is 48.3 Å². The summed E-state index contributed by atoms with van der Waals surface area (Å²) in [6, 6.07) is -4.38. The molecule has 0 saturated carbocycles. The van der Waals surface area contributed by atoms with Crippen molar-refractivity contribution in [3.8, 4) is 0 Å². The number of rotatable bonds is 27. The highest BCUT2D eigenvalue weighted by Crippen LogP contribution is 2.24. The molecule has 2 aromatic rings. The average Bonchev–Trinajstić information content (AvgIpc) is 4.14. The number of carboxylic acid groups (broad SMARTS) is 2. The van der Waals surface area contributed by atoms with E-state index >= 15 is 0 Å². The van der Waals surface area contributed by atoms with E-state index in [0.717, 1.165) is 21.4 Å². The van der Waals surface area contributed by atoms with Crippen molar-refractivity contribution >= 4 is 107 Å². The van der Waals surface area contributed by atoms with E-state index < -0.39 is 132 Å². The van der Waals surface area contributed by atoms with Crippen LogP contribution in [0.15, 0.2) is 30.5 Å². The van der Waals surface area contributed by atoms with E-state index in [1.54, 1.807) is 13.1 Å². The summed E-state index contributed by atoms with van der Waals surface area (Å²) < 4.78 is 0. The molecule has 2 aliphatic rings. The van der Waals surface area contributed by atoms with Gasteiger partial charge in [0, 0.05) is 48.1 Å². The van der Waals surface area contributed by atoms with Gasteiger partial charge in [-0.15, -0.1) is 0 Å². The molecule has 398 valence electrons. The summed E-state index contributed by atoms with van der Waals surface area (Å²) in [4.78, 5) is 139. The molecule has 2 aliphatic heterocycles. The van der Waals surface area contributed by atoms with E-state index in [1.165, 1.54) is 23.6 Å². The molecule has 1 aromatic heterocycles. The second-order valence-electron chi connectivity index (χ2n) is 18.0. The van der Waals surface area contributed by atoms with Crippen LogP contribution in [-0.4, -0.2) is 186 Å². The van der Waals surface area contributed by atoms with Crippen LogP contribution in [0.25, 0.3) is 10.9 Å². The van der Waals surface area contributed by atoms with Crippen molar-refractivity contribution < 1.29 is 63.3 Å². The first-order valence-electron chi connectivity index (χ1n) is 23.7. The molecule has 0 radical (unpaired) electrons. The third-order valence-electron chi connectivity index (χ3n) is 12.8. The number of thioether (sulfide) groups is 1. The topological polar surface area (TPSA) is 352 Å². The van der Waals surface area contributed by atoms with E-state index in [4.69, 9.17) is 5.73 Å². The summed E-state index contributed by atoms with van der Waals surface area (Å²) in [5.41, 5.74) is 7.50. The Labute approximate surface area is 432 Å². The number of H-pyrrole nitrogens is 1. The fourth-order valence-corrected chi connectivity index (χ4v) is 9.42. The standard InChI is InChI=1S/C46H68N10O13S3/c1-5-23(2)36(53-40(62)30(50-38(60)27(47)21-70)18-25-20-48-28-11-7-6-10-26(25)28)43(65)49-29(14-17-72-4)44(66)55-15-8-13-34(55)42(64)54-37(24(3)57)45(67)56-16-9-12-33(56)41(63)51-31(19-35(58)59)39(61)52-32(22-71)46(68)69/h6-7,10-11,20,23-24,27,29-34,36-37,48,57,70-71H,5,8-9,12-19,21-22,47H2,1-4H3,(H,49,65)(H,50,60)(H,51,63)(H,52,61)(H,53,62)(H,54,64)(H,58,59)(H,68,69)/t23-,24+,27-,29-,30-,31-,32-,33-,34-,36-,37-/m0/s1. The third kappa shape index (κ3) is 15.7. The number of amides is 8. The van der Waals surface area contributed by atoms with Crippen molar-refractivity contribution in [2.45, 2.75) is 133 Å². The maximum atomic E-state index is 14.5. The van der Waals surface area contributed by atoms with Crippen molar-refractivity contribution in [3.05, 3.63) is 36.0 Å². The Kier molecular flexibility index (Phi) is 23.0. The number of nitrogens with two attached hydrogens (primary N) is 1. The number of aliphatic hydroxyl groups excluding tert-OH is 1. The van der Waals surface area contributed by atoms with Crippen LogP contribution in [-0.2, 0) is 54.4 Å². The van der Waals surface area contributed by atoms with Gasteiger partial charge in [0.15, 0.2) is 0 Å². The van der Waals surface area contributed by atoms with Gasteiger partial charge in [-0.2, -0.15) is 37.0 Å². The quantitative estimate of drug-likeness (QED) is 0.0455. The van der Waals surface area contributed by atoms with Gasteiger partial charge in [0.2, 0.25) is 47.3 Å². The molecule has 26 heteroatoms. The van der Waals surface area contributed by atoms with Crippen LogP contribution in [0.4, 0.5) is 0 Å². The third-order valence-corrected chi connectivity index (χ3v) is 14.2. The fourth-order valence-electron chi connectivity index (χ4n) is 8.53. The Morgan fingerprint density at radius 3 is 1.90 bits per heavy atom. The first-order valence-corrected chi connectivity index (χ1v) is 26.4. The molecular weight excluding hydrogens is 997 g/mol. The fraction of sp³-hybridized carbons (Fsp3) is 0.609. The van der Waals surface area contributed by atoms with E-state index in [1.807, 2.05) is 37.4 Å². The van der Waals surface area contributed by atoms with Crippen LogP contribution in [0.3, 0.4) is 0 Å². The minimum atomic E-state index is -1.73. The van der Waals surface area contributed by atoms with Gasteiger partial charge in [0.05, 0.1) is 18.6 Å². The van der Waals surface area contributed by atoms with Crippen molar-refractivity contribution in [2.75, 3.05) is 36.6 Å². The number of hydrogen-bond acceptors (Lipinski definition) is 15. The average molecular weight is 1070 g/mol. The lowest BCUT2D eigenvalue weighted by Crippen LogP contribution is -2.62. The van der Waals surface area contributed by atoms with Gasteiger partial charge in [-0.05, 0) is 68.6 Å². The number of likely N-dealkylation sites (tertiary alicyclic amines) is 2. The highest BCUT2D eigenvalue weighted by molar-refractivity contribution is 7.98. The van der Waals surface area contributed by atoms with Crippen LogP contribution in [0.5, 0.6) is 0 Å². The number of nitrogens with one attached hydrogen (secondary N) is 7. The van der Waals surface area contributed by atoms with Gasteiger partial charge >= 0.3 is 11.9 Å². The molecule has 2 saturated heterocycles. The number of fused-ring (bicyclic) bond motifs is 1. The predicted molar refractivity (Wildman–Crippen MR) is 273 cm³/mol. The molecule has 1 aromatic carbocycles. The predicted octanol–water partition coefficient (Wildman–Crippen LogP) is -1.47. The molecule has 2 fully saturated rings. The molecule has 0 aliphatic carbocycles. The normalized spacial score (nSPS) is 19.3.